The number of hydrogen-bond donors (Lipinski definition) is 1. The predicted molar refractivity (Wildman–Crippen MR) is 172 cm³/mol. The molecule has 6 aromatic rings. The van der Waals surface area contributed by atoms with E-state index in [1.807, 2.05) is 12.3 Å². The lowest BCUT2D eigenvalue weighted by atomic mass is 9.66. The van der Waals surface area contributed by atoms with E-state index in [4.69, 9.17) is 9.97 Å². The number of para-hydroxylation sites is 1. The fraction of sp³-hybridized carbons (Fsp3) is 0.158. The second-order valence-electron chi connectivity index (χ2n) is 11.9. The Hall–Kier alpha value is -4.96. The van der Waals surface area contributed by atoms with Gasteiger partial charge in [-0.1, -0.05) is 98.3 Å². The molecule has 1 saturated carbocycles. The zero-order valence-electron chi connectivity index (χ0n) is 23.9. The first-order chi connectivity index (χ1) is 20.6. The van der Waals surface area contributed by atoms with Crippen LogP contribution < -0.4 is 5.32 Å². The number of aryl methyl sites for hydroxylation is 1. The Morgan fingerprint density at radius 1 is 0.714 bits per heavy atom. The van der Waals surface area contributed by atoms with Crippen LogP contribution in [0.1, 0.15) is 37.3 Å². The first-order valence-corrected chi connectivity index (χ1v) is 14.8. The molecule has 0 spiro atoms. The zero-order chi connectivity index (χ0) is 28.3. The van der Waals surface area contributed by atoms with Crippen molar-refractivity contribution in [3.8, 4) is 50.7 Å². The number of benzene rings is 4. The van der Waals surface area contributed by atoms with Crippen molar-refractivity contribution in [2.24, 2.45) is 0 Å². The third-order valence-electron chi connectivity index (χ3n) is 9.25. The minimum atomic E-state index is 0.292. The molecule has 8 rings (SSSR count). The molecule has 4 heteroatoms. The van der Waals surface area contributed by atoms with E-state index in [0.29, 0.717) is 5.41 Å². The van der Waals surface area contributed by atoms with Crippen LogP contribution in [-0.2, 0) is 5.41 Å². The summed E-state index contributed by atoms with van der Waals surface area (Å²) in [7, 11) is 0. The summed E-state index contributed by atoms with van der Waals surface area (Å²) in [6.07, 6.45) is 5.67. The quantitative estimate of drug-likeness (QED) is 0.240. The summed E-state index contributed by atoms with van der Waals surface area (Å²) in [4.78, 5) is 10.2. The number of pyridine rings is 1. The van der Waals surface area contributed by atoms with Gasteiger partial charge in [-0.25, -0.2) is 9.97 Å². The van der Waals surface area contributed by atoms with E-state index in [-0.39, 0.29) is 0 Å². The molecule has 42 heavy (non-hydrogen) atoms. The summed E-state index contributed by atoms with van der Waals surface area (Å²) < 4.78 is 2.30. The second kappa shape index (κ2) is 9.56. The summed E-state index contributed by atoms with van der Waals surface area (Å²) in [6.45, 7) is 4.56. The monoisotopic (exact) mass is 544 g/mol. The maximum Gasteiger partial charge on any atom is 0.154 e. The van der Waals surface area contributed by atoms with Gasteiger partial charge >= 0.3 is 0 Å². The molecule has 0 unspecified atom stereocenters. The van der Waals surface area contributed by atoms with Crippen LogP contribution in [0.2, 0.25) is 0 Å². The zero-order valence-corrected chi connectivity index (χ0v) is 23.9. The summed E-state index contributed by atoms with van der Waals surface area (Å²) in [5, 5.41) is 3.58. The molecule has 1 fully saturated rings. The first-order valence-electron chi connectivity index (χ1n) is 14.8. The Bertz CT molecular complexity index is 1940. The fourth-order valence-corrected chi connectivity index (χ4v) is 6.62. The van der Waals surface area contributed by atoms with Gasteiger partial charge in [-0.3, -0.25) is 4.57 Å². The van der Waals surface area contributed by atoms with Gasteiger partial charge in [0.1, 0.15) is 5.82 Å². The van der Waals surface area contributed by atoms with Crippen molar-refractivity contribution in [2.75, 3.05) is 5.32 Å². The van der Waals surface area contributed by atoms with Gasteiger partial charge in [-0.15, -0.1) is 0 Å². The molecule has 2 aromatic heterocycles. The topological polar surface area (TPSA) is 42.7 Å². The summed E-state index contributed by atoms with van der Waals surface area (Å²) in [5.41, 5.74) is 12.8. The third kappa shape index (κ3) is 3.90. The van der Waals surface area contributed by atoms with Gasteiger partial charge in [0.25, 0.3) is 0 Å². The van der Waals surface area contributed by atoms with Gasteiger partial charge < -0.3 is 5.32 Å². The van der Waals surface area contributed by atoms with Gasteiger partial charge in [0, 0.05) is 22.9 Å². The van der Waals surface area contributed by atoms with Crippen molar-refractivity contribution < 1.29 is 0 Å². The highest BCUT2D eigenvalue weighted by Gasteiger charge is 2.34. The molecule has 204 valence electrons. The molecule has 4 nitrogen and oxygen atoms in total. The Morgan fingerprint density at radius 3 is 2.14 bits per heavy atom. The number of fused-ring (bicyclic) bond motifs is 5. The lowest BCUT2D eigenvalue weighted by Gasteiger charge is -2.39. The number of nitrogens with zero attached hydrogens (tertiary/aromatic N) is 3. The largest absolute Gasteiger partial charge is 0.338 e. The molecule has 0 bridgehead atoms. The summed E-state index contributed by atoms with van der Waals surface area (Å²) >= 11 is 0. The van der Waals surface area contributed by atoms with Crippen molar-refractivity contribution in [3.05, 3.63) is 127 Å². The van der Waals surface area contributed by atoms with Crippen LogP contribution in [0, 0.1) is 6.92 Å². The highest BCUT2D eigenvalue weighted by Crippen LogP contribution is 2.46. The fourth-order valence-electron chi connectivity index (χ4n) is 6.62. The van der Waals surface area contributed by atoms with Crippen LogP contribution in [0.15, 0.2) is 115 Å². The molecule has 0 saturated heterocycles. The van der Waals surface area contributed by atoms with E-state index in [9.17, 15) is 0 Å². The normalized spacial score (nSPS) is 14.5. The van der Waals surface area contributed by atoms with Crippen molar-refractivity contribution in [3.63, 3.8) is 0 Å². The van der Waals surface area contributed by atoms with Gasteiger partial charge in [-0.05, 0) is 71.7 Å². The standard InChI is InChI=1S/C38H32N4/c1-25-9-3-4-10-30(25)26-14-16-27(17-15-26)34-35(28-18-20-29(21-19-28)38(2)22-8-23-38)42-33-13-7-24-39-36(33)40-32-12-6-5-11-31(32)37(42)41-34/h3-7,9-21,24H,8,22-23H2,1-2H3,(H,39,40). The Kier molecular flexibility index (Phi) is 5.65. The average Bonchev–Trinajstić information content (AvgIpc) is 3.35. The van der Waals surface area contributed by atoms with Crippen LogP contribution in [0.4, 0.5) is 11.5 Å². The predicted octanol–water partition coefficient (Wildman–Crippen LogP) is 9.74. The molecule has 2 aliphatic rings. The summed E-state index contributed by atoms with van der Waals surface area (Å²) in [6, 6.07) is 39.1. The SMILES string of the molecule is Cc1ccccc1-c1ccc(-c2nc3n(c2-c2ccc(C4(C)CCC4)cc2)-c2cccnc2Nc2ccccc2-3)cc1. The van der Waals surface area contributed by atoms with E-state index >= 15 is 0 Å². The van der Waals surface area contributed by atoms with Gasteiger partial charge in [0.15, 0.2) is 5.82 Å². The van der Waals surface area contributed by atoms with Crippen molar-refractivity contribution in [1.29, 1.82) is 0 Å². The highest BCUT2D eigenvalue weighted by atomic mass is 15.2. The highest BCUT2D eigenvalue weighted by molar-refractivity contribution is 5.91. The minimum absolute atomic E-state index is 0.292. The van der Waals surface area contributed by atoms with Gasteiger partial charge in [0.2, 0.25) is 0 Å². The van der Waals surface area contributed by atoms with Crippen LogP contribution in [-0.4, -0.2) is 14.5 Å². The van der Waals surface area contributed by atoms with Crippen molar-refractivity contribution in [1.82, 2.24) is 14.5 Å². The maximum atomic E-state index is 5.41. The van der Waals surface area contributed by atoms with Gasteiger partial charge in [0.05, 0.1) is 22.8 Å². The maximum absolute atomic E-state index is 5.41. The minimum Gasteiger partial charge on any atom is -0.338 e. The van der Waals surface area contributed by atoms with E-state index in [0.717, 1.165) is 51.1 Å². The number of anilines is 2. The lowest BCUT2D eigenvalue weighted by Crippen LogP contribution is -2.30. The average molecular weight is 545 g/mol. The molecular formula is C38H32N4. The number of aromatic nitrogens is 3. The molecule has 0 atom stereocenters. The van der Waals surface area contributed by atoms with E-state index < -0.39 is 0 Å². The van der Waals surface area contributed by atoms with Crippen LogP contribution in [0.5, 0.6) is 0 Å². The molecule has 1 aliphatic carbocycles. The number of rotatable bonds is 4. The molecular weight excluding hydrogens is 512 g/mol. The van der Waals surface area contributed by atoms with Gasteiger partial charge in [-0.2, -0.15) is 0 Å². The first kappa shape index (κ1) is 24.8. The van der Waals surface area contributed by atoms with Crippen LogP contribution >= 0.6 is 0 Å². The molecule has 0 radical (unpaired) electrons. The van der Waals surface area contributed by atoms with E-state index in [1.165, 1.54) is 41.5 Å². The number of imidazole rings is 1. The van der Waals surface area contributed by atoms with Crippen molar-refractivity contribution >= 4 is 11.5 Å². The number of nitrogens with one attached hydrogen (secondary N) is 1. The Labute approximate surface area is 246 Å². The van der Waals surface area contributed by atoms with E-state index in [1.54, 1.807) is 0 Å². The third-order valence-corrected chi connectivity index (χ3v) is 9.25. The Morgan fingerprint density at radius 2 is 1.40 bits per heavy atom. The Balaban J connectivity index is 1.36. The molecule has 0 amide bonds. The molecule has 3 heterocycles. The van der Waals surface area contributed by atoms with E-state index in [2.05, 4.69) is 127 Å². The van der Waals surface area contributed by atoms with Crippen LogP contribution in [0.25, 0.3) is 50.7 Å². The second-order valence-corrected chi connectivity index (χ2v) is 11.9. The molecule has 1 aliphatic heterocycles. The van der Waals surface area contributed by atoms with Crippen molar-refractivity contribution in [2.45, 2.75) is 38.5 Å². The van der Waals surface area contributed by atoms with Crippen LogP contribution in [0.3, 0.4) is 0 Å². The molecule has 4 aromatic carbocycles. The summed E-state index contributed by atoms with van der Waals surface area (Å²) in [5.74, 6) is 1.73. The number of hydrogen-bond acceptors (Lipinski definition) is 3. The smallest absolute Gasteiger partial charge is 0.154 e. The molecule has 1 N–H and O–H groups in total. The lowest BCUT2D eigenvalue weighted by molar-refractivity contribution is 0.272.